The molecule has 4 aromatic carbocycles. The molecule has 0 saturated heterocycles. The van der Waals surface area contributed by atoms with Gasteiger partial charge in [-0.05, 0) is 52.6 Å². The van der Waals surface area contributed by atoms with E-state index in [1.807, 2.05) is 0 Å². The maximum atomic E-state index is 4.07. The van der Waals surface area contributed by atoms with Crippen molar-refractivity contribution >= 4 is 27.2 Å². The van der Waals surface area contributed by atoms with Gasteiger partial charge in [0.15, 0.2) is 0 Å². The summed E-state index contributed by atoms with van der Waals surface area (Å²) < 4.78 is 0. The highest BCUT2D eigenvalue weighted by Crippen LogP contribution is 2.40. The predicted molar refractivity (Wildman–Crippen MR) is 137 cm³/mol. The summed E-state index contributed by atoms with van der Waals surface area (Å²) in [6.45, 7) is 11.5. The molecule has 0 fully saturated rings. The van der Waals surface area contributed by atoms with E-state index in [1.165, 1.54) is 38.4 Å². The molecule has 31 heavy (non-hydrogen) atoms. The van der Waals surface area contributed by atoms with Crippen molar-refractivity contribution in [3.63, 3.8) is 0 Å². The minimum Gasteiger partial charge on any atom is -0.375 e. The number of hydrogen-bond donors (Lipinski definition) is 1. The first-order valence-corrected chi connectivity index (χ1v) is 11.7. The van der Waals surface area contributed by atoms with E-state index < -0.39 is 0 Å². The Bertz CT molecular complexity index is 1130. The summed E-state index contributed by atoms with van der Waals surface area (Å²) in [5, 5.41) is 9.21. The standard InChI is InChI=1S/C30H35N/c1-6-29(4,5)24-17-19-25(20-18-24)30(7-2,8-3)31-28-26-15-11-9-13-22(26)21-23-14-10-12-16-27(23)28/h9-21,31H,6-8H2,1-5H3. The van der Waals surface area contributed by atoms with Crippen LogP contribution in [-0.4, -0.2) is 0 Å². The SMILES string of the molecule is CCC(C)(C)c1ccc(C(CC)(CC)Nc2c3ccccc3cc3ccccc23)cc1. The van der Waals surface area contributed by atoms with Crippen LogP contribution >= 0.6 is 0 Å². The minimum absolute atomic E-state index is 0.109. The lowest BCUT2D eigenvalue weighted by atomic mass is 9.79. The van der Waals surface area contributed by atoms with Crippen LogP contribution in [0.5, 0.6) is 0 Å². The van der Waals surface area contributed by atoms with Crippen LogP contribution in [0.1, 0.15) is 65.0 Å². The van der Waals surface area contributed by atoms with Crippen LogP contribution in [0.25, 0.3) is 21.5 Å². The summed E-state index contributed by atoms with van der Waals surface area (Å²) >= 11 is 0. The molecule has 1 heteroatoms. The average Bonchev–Trinajstić information content (AvgIpc) is 2.82. The number of benzene rings is 4. The van der Waals surface area contributed by atoms with Crippen LogP contribution in [0.4, 0.5) is 5.69 Å². The van der Waals surface area contributed by atoms with Gasteiger partial charge in [0.1, 0.15) is 0 Å². The van der Waals surface area contributed by atoms with Crippen LogP contribution in [-0.2, 0) is 11.0 Å². The van der Waals surface area contributed by atoms with Gasteiger partial charge in [-0.1, -0.05) is 107 Å². The zero-order valence-electron chi connectivity index (χ0n) is 19.6. The zero-order valence-corrected chi connectivity index (χ0v) is 19.6. The summed E-state index contributed by atoms with van der Waals surface area (Å²) in [5.41, 5.74) is 4.12. The minimum atomic E-state index is -0.109. The first-order chi connectivity index (χ1) is 14.9. The summed E-state index contributed by atoms with van der Waals surface area (Å²) in [5.74, 6) is 0. The molecule has 4 rings (SSSR count). The Labute approximate surface area is 187 Å². The largest absolute Gasteiger partial charge is 0.375 e. The molecule has 0 heterocycles. The third kappa shape index (κ3) is 3.83. The second kappa shape index (κ2) is 8.38. The van der Waals surface area contributed by atoms with Gasteiger partial charge < -0.3 is 5.32 Å². The van der Waals surface area contributed by atoms with Gasteiger partial charge >= 0.3 is 0 Å². The molecule has 0 atom stereocenters. The van der Waals surface area contributed by atoms with Crippen molar-refractivity contribution in [1.82, 2.24) is 0 Å². The van der Waals surface area contributed by atoms with Crippen LogP contribution in [0, 0.1) is 0 Å². The highest BCUT2D eigenvalue weighted by atomic mass is 15.0. The van der Waals surface area contributed by atoms with E-state index in [4.69, 9.17) is 0 Å². The van der Waals surface area contributed by atoms with Gasteiger partial charge in [-0.3, -0.25) is 0 Å². The summed E-state index contributed by atoms with van der Waals surface area (Å²) in [7, 11) is 0. The lowest BCUT2D eigenvalue weighted by Gasteiger charge is -2.36. The molecule has 0 aliphatic rings. The number of rotatable bonds is 7. The van der Waals surface area contributed by atoms with Crippen molar-refractivity contribution in [2.45, 2.75) is 64.8 Å². The molecule has 0 bridgehead atoms. The maximum Gasteiger partial charge on any atom is 0.0620 e. The maximum absolute atomic E-state index is 4.07. The van der Waals surface area contributed by atoms with Gasteiger partial charge in [-0.15, -0.1) is 0 Å². The number of hydrogen-bond acceptors (Lipinski definition) is 1. The van der Waals surface area contributed by atoms with E-state index >= 15 is 0 Å². The molecule has 0 unspecified atom stereocenters. The third-order valence-electron chi connectivity index (χ3n) is 7.45. The Balaban J connectivity index is 1.86. The molecule has 0 aliphatic heterocycles. The van der Waals surface area contributed by atoms with Crippen molar-refractivity contribution in [1.29, 1.82) is 0 Å². The van der Waals surface area contributed by atoms with Gasteiger partial charge in [-0.25, -0.2) is 0 Å². The quantitative estimate of drug-likeness (QED) is 0.301. The molecule has 160 valence electrons. The van der Waals surface area contributed by atoms with Crippen molar-refractivity contribution in [3.05, 3.63) is 90.0 Å². The Morgan fingerprint density at radius 1 is 0.613 bits per heavy atom. The van der Waals surface area contributed by atoms with Gasteiger partial charge in [0.05, 0.1) is 11.2 Å². The number of anilines is 1. The molecule has 4 aromatic rings. The van der Waals surface area contributed by atoms with E-state index in [1.54, 1.807) is 0 Å². The van der Waals surface area contributed by atoms with Crippen molar-refractivity contribution < 1.29 is 0 Å². The molecular weight excluding hydrogens is 374 g/mol. The first-order valence-electron chi connectivity index (χ1n) is 11.7. The lowest BCUT2D eigenvalue weighted by molar-refractivity contribution is 0.454. The fraction of sp³-hybridized carbons (Fsp3) is 0.333. The van der Waals surface area contributed by atoms with Crippen molar-refractivity contribution in [2.75, 3.05) is 5.32 Å². The normalized spacial score (nSPS) is 12.4. The second-order valence-corrected chi connectivity index (χ2v) is 9.42. The zero-order chi connectivity index (χ0) is 22.1. The molecular formula is C30H35N. The van der Waals surface area contributed by atoms with Gasteiger partial charge in [0.25, 0.3) is 0 Å². The van der Waals surface area contributed by atoms with Crippen LogP contribution in [0.3, 0.4) is 0 Å². The van der Waals surface area contributed by atoms with Crippen molar-refractivity contribution in [3.8, 4) is 0 Å². The topological polar surface area (TPSA) is 12.0 Å². The average molecular weight is 410 g/mol. The fourth-order valence-corrected chi connectivity index (χ4v) is 4.74. The first kappa shape index (κ1) is 21.4. The molecule has 1 N–H and O–H groups in total. The highest BCUT2D eigenvalue weighted by Gasteiger charge is 2.30. The fourth-order valence-electron chi connectivity index (χ4n) is 4.74. The molecule has 0 amide bonds. The monoisotopic (exact) mass is 409 g/mol. The molecule has 0 aromatic heterocycles. The Morgan fingerprint density at radius 2 is 1.10 bits per heavy atom. The van der Waals surface area contributed by atoms with Crippen molar-refractivity contribution in [2.24, 2.45) is 0 Å². The van der Waals surface area contributed by atoms with Crippen LogP contribution in [0.2, 0.25) is 0 Å². The molecule has 0 radical (unpaired) electrons. The number of fused-ring (bicyclic) bond motifs is 2. The Morgan fingerprint density at radius 3 is 1.58 bits per heavy atom. The smallest absolute Gasteiger partial charge is 0.0620 e. The van der Waals surface area contributed by atoms with E-state index in [-0.39, 0.29) is 11.0 Å². The highest BCUT2D eigenvalue weighted by molar-refractivity contribution is 6.11. The van der Waals surface area contributed by atoms with E-state index in [0.717, 1.165) is 19.3 Å². The predicted octanol–water partition coefficient (Wildman–Crippen LogP) is 8.81. The molecule has 0 aliphatic carbocycles. The Kier molecular flexibility index (Phi) is 5.79. The Hall–Kier alpha value is -2.80. The van der Waals surface area contributed by atoms with E-state index in [2.05, 4.69) is 119 Å². The second-order valence-electron chi connectivity index (χ2n) is 9.42. The molecule has 1 nitrogen and oxygen atoms in total. The number of nitrogens with one attached hydrogen (secondary N) is 1. The summed E-state index contributed by atoms with van der Waals surface area (Å²) in [6, 6.07) is 29.1. The summed E-state index contributed by atoms with van der Waals surface area (Å²) in [4.78, 5) is 0. The lowest BCUT2D eigenvalue weighted by Crippen LogP contribution is -2.34. The third-order valence-corrected chi connectivity index (χ3v) is 7.45. The molecule has 0 saturated carbocycles. The summed E-state index contributed by atoms with van der Waals surface area (Å²) in [6.07, 6.45) is 3.19. The van der Waals surface area contributed by atoms with Gasteiger partial charge in [0.2, 0.25) is 0 Å². The van der Waals surface area contributed by atoms with Crippen LogP contribution in [0.15, 0.2) is 78.9 Å². The van der Waals surface area contributed by atoms with Crippen LogP contribution < -0.4 is 5.32 Å². The molecule has 0 spiro atoms. The van der Waals surface area contributed by atoms with E-state index in [9.17, 15) is 0 Å². The van der Waals surface area contributed by atoms with E-state index in [0.29, 0.717) is 0 Å². The van der Waals surface area contributed by atoms with Gasteiger partial charge in [0, 0.05) is 10.8 Å². The van der Waals surface area contributed by atoms with Gasteiger partial charge in [-0.2, -0.15) is 0 Å².